The minimum Gasteiger partial charge on any atom is -0.368 e. The van der Waals surface area contributed by atoms with E-state index in [-0.39, 0.29) is 0 Å². The van der Waals surface area contributed by atoms with Crippen LogP contribution in [0.4, 0.5) is 5.95 Å². The maximum absolute atomic E-state index is 5.33. The minimum atomic E-state index is 0.343. The van der Waals surface area contributed by atoms with Crippen LogP contribution in [0.25, 0.3) is 0 Å². The van der Waals surface area contributed by atoms with Crippen LogP contribution in [0, 0.1) is 0 Å². The molecule has 0 saturated carbocycles. The smallest absolute Gasteiger partial charge is 0.219 e. The molecule has 0 unspecified atom stereocenters. The summed E-state index contributed by atoms with van der Waals surface area (Å²) in [5.41, 5.74) is 6.46. The van der Waals surface area contributed by atoms with Gasteiger partial charge in [0.2, 0.25) is 5.95 Å². The second kappa shape index (κ2) is 4.18. The molecular weight excluding hydrogens is 158 g/mol. The maximum Gasteiger partial charge on any atom is 0.219 e. The van der Waals surface area contributed by atoms with Gasteiger partial charge >= 0.3 is 0 Å². The number of nitrogens with zero attached hydrogens (tertiary/aromatic N) is 2. The van der Waals surface area contributed by atoms with Gasteiger partial charge in [-0.25, -0.2) is 9.97 Å². The molecule has 0 radical (unpaired) electrons. The highest BCUT2D eigenvalue weighted by atomic mass is 32.2. The van der Waals surface area contributed by atoms with Crippen molar-refractivity contribution in [1.29, 1.82) is 0 Å². The fraction of sp³-hybridized carbons (Fsp3) is 0.429. The number of rotatable bonds is 3. The zero-order valence-electron chi connectivity index (χ0n) is 6.45. The third-order valence-corrected chi connectivity index (χ3v) is 2.14. The first-order valence-corrected chi connectivity index (χ1v) is 4.62. The molecule has 3 nitrogen and oxygen atoms in total. The molecule has 0 aliphatic heterocycles. The van der Waals surface area contributed by atoms with Crippen LogP contribution in [-0.2, 0) is 5.75 Å². The highest BCUT2D eigenvalue weighted by molar-refractivity contribution is 7.98. The standard InChI is InChI=1S/C7H11N3S/c1-2-11-5-6-3-9-7(8)10-4-6/h3-4H,2,5H2,1H3,(H2,8,9,10). The number of nitrogens with two attached hydrogens (primary N) is 1. The lowest BCUT2D eigenvalue weighted by molar-refractivity contribution is 1.14. The van der Waals surface area contributed by atoms with E-state index >= 15 is 0 Å². The van der Waals surface area contributed by atoms with Crippen molar-refractivity contribution in [2.45, 2.75) is 12.7 Å². The Kier molecular flexibility index (Phi) is 3.16. The molecular formula is C7H11N3S. The van der Waals surface area contributed by atoms with Gasteiger partial charge in [-0.15, -0.1) is 0 Å². The molecule has 1 rings (SSSR count). The van der Waals surface area contributed by atoms with Crippen LogP contribution in [0.5, 0.6) is 0 Å². The summed E-state index contributed by atoms with van der Waals surface area (Å²) < 4.78 is 0. The molecule has 1 aromatic rings. The van der Waals surface area contributed by atoms with E-state index in [1.165, 1.54) is 0 Å². The molecule has 0 saturated heterocycles. The van der Waals surface area contributed by atoms with E-state index in [4.69, 9.17) is 5.73 Å². The molecule has 0 bridgehead atoms. The number of anilines is 1. The number of thioether (sulfide) groups is 1. The second-order valence-corrected chi connectivity index (χ2v) is 3.36. The lowest BCUT2D eigenvalue weighted by Crippen LogP contribution is -1.94. The monoisotopic (exact) mass is 169 g/mol. The van der Waals surface area contributed by atoms with Gasteiger partial charge in [-0.3, -0.25) is 0 Å². The van der Waals surface area contributed by atoms with Crippen LogP contribution in [0.3, 0.4) is 0 Å². The Morgan fingerprint density at radius 3 is 2.64 bits per heavy atom. The average Bonchev–Trinajstić information content (AvgIpc) is 2.04. The van der Waals surface area contributed by atoms with E-state index in [9.17, 15) is 0 Å². The number of aromatic nitrogens is 2. The van der Waals surface area contributed by atoms with Gasteiger partial charge in [0, 0.05) is 18.1 Å². The number of hydrogen-bond acceptors (Lipinski definition) is 4. The summed E-state index contributed by atoms with van der Waals surface area (Å²) in [6, 6.07) is 0. The van der Waals surface area contributed by atoms with Crippen molar-refractivity contribution in [3.63, 3.8) is 0 Å². The largest absolute Gasteiger partial charge is 0.368 e. The Morgan fingerprint density at radius 2 is 2.09 bits per heavy atom. The highest BCUT2D eigenvalue weighted by Gasteiger charge is 1.92. The molecule has 1 heterocycles. The Labute approximate surface area is 70.4 Å². The zero-order valence-corrected chi connectivity index (χ0v) is 7.27. The average molecular weight is 169 g/mol. The normalized spacial score (nSPS) is 9.91. The minimum absolute atomic E-state index is 0.343. The lowest BCUT2D eigenvalue weighted by Gasteiger charge is -1.97. The van der Waals surface area contributed by atoms with E-state index in [0.29, 0.717) is 5.95 Å². The molecule has 1 aromatic heterocycles. The first kappa shape index (κ1) is 8.33. The fourth-order valence-corrected chi connectivity index (χ4v) is 1.25. The highest BCUT2D eigenvalue weighted by Crippen LogP contribution is 2.09. The summed E-state index contributed by atoms with van der Waals surface area (Å²) in [4.78, 5) is 7.77. The summed E-state index contributed by atoms with van der Waals surface area (Å²) in [6.45, 7) is 2.13. The van der Waals surface area contributed by atoms with Gasteiger partial charge in [-0.1, -0.05) is 6.92 Å². The van der Waals surface area contributed by atoms with E-state index in [1.807, 2.05) is 11.8 Å². The van der Waals surface area contributed by atoms with Crippen LogP contribution < -0.4 is 5.73 Å². The quantitative estimate of drug-likeness (QED) is 0.741. The van der Waals surface area contributed by atoms with Crippen molar-refractivity contribution in [2.75, 3.05) is 11.5 Å². The molecule has 4 heteroatoms. The molecule has 0 fully saturated rings. The fourth-order valence-electron chi connectivity index (χ4n) is 0.659. The molecule has 0 aromatic carbocycles. The van der Waals surface area contributed by atoms with E-state index in [1.54, 1.807) is 12.4 Å². The summed E-state index contributed by atoms with van der Waals surface area (Å²) in [7, 11) is 0. The third kappa shape index (κ3) is 2.76. The van der Waals surface area contributed by atoms with Gasteiger partial charge in [0.05, 0.1) is 0 Å². The van der Waals surface area contributed by atoms with E-state index in [2.05, 4.69) is 16.9 Å². The first-order valence-electron chi connectivity index (χ1n) is 3.47. The van der Waals surface area contributed by atoms with Crippen molar-refractivity contribution in [3.8, 4) is 0 Å². The summed E-state index contributed by atoms with van der Waals surface area (Å²) in [6.07, 6.45) is 3.54. The van der Waals surface area contributed by atoms with Gasteiger partial charge in [0.15, 0.2) is 0 Å². The van der Waals surface area contributed by atoms with E-state index < -0.39 is 0 Å². The van der Waals surface area contributed by atoms with Gasteiger partial charge < -0.3 is 5.73 Å². The number of hydrogen-bond donors (Lipinski definition) is 1. The van der Waals surface area contributed by atoms with Gasteiger partial charge in [0.25, 0.3) is 0 Å². The third-order valence-electron chi connectivity index (χ3n) is 1.20. The molecule has 2 N–H and O–H groups in total. The maximum atomic E-state index is 5.33. The Morgan fingerprint density at radius 1 is 1.45 bits per heavy atom. The van der Waals surface area contributed by atoms with Gasteiger partial charge in [-0.2, -0.15) is 11.8 Å². The van der Waals surface area contributed by atoms with Gasteiger partial charge in [-0.05, 0) is 11.3 Å². The first-order chi connectivity index (χ1) is 5.33. The van der Waals surface area contributed by atoms with Crippen LogP contribution >= 0.6 is 11.8 Å². The predicted molar refractivity (Wildman–Crippen MR) is 48.3 cm³/mol. The molecule has 0 amide bonds. The topological polar surface area (TPSA) is 51.8 Å². The molecule has 0 aliphatic rings. The predicted octanol–water partition coefficient (Wildman–Crippen LogP) is 1.31. The lowest BCUT2D eigenvalue weighted by atomic mass is 10.4. The second-order valence-electron chi connectivity index (χ2n) is 2.09. The van der Waals surface area contributed by atoms with Crippen molar-refractivity contribution in [2.24, 2.45) is 0 Å². The Bertz CT molecular complexity index is 209. The summed E-state index contributed by atoms with van der Waals surface area (Å²) in [5.74, 6) is 2.43. The molecule has 11 heavy (non-hydrogen) atoms. The Hall–Kier alpha value is -0.770. The molecule has 0 spiro atoms. The van der Waals surface area contributed by atoms with Crippen molar-refractivity contribution < 1.29 is 0 Å². The SMILES string of the molecule is CCSCc1cnc(N)nc1. The molecule has 60 valence electrons. The molecule has 0 aliphatic carbocycles. The van der Waals surface area contributed by atoms with Crippen molar-refractivity contribution >= 4 is 17.7 Å². The van der Waals surface area contributed by atoms with E-state index in [0.717, 1.165) is 17.1 Å². The summed E-state index contributed by atoms with van der Waals surface area (Å²) >= 11 is 1.85. The van der Waals surface area contributed by atoms with Crippen molar-refractivity contribution in [3.05, 3.63) is 18.0 Å². The van der Waals surface area contributed by atoms with Gasteiger partial charge in [0.1, 0.15) is 0 Å². The van der Waals surface area contributed by atoms with Crippen LogP contribution in [0.15, 0.2) is 12.4 Å². The zero-order chi connectivity index (χ0) is 8.10. The molecule has 0 atom stereocenters. The Balaban J connectivity index is 2.52. The number of nitrogen functional groups attached to an aromatic ring is 1. The van der Waals surface area contributed by atoms with Crippen LogP contribution in [-0.4, -0.2) is 15.7 Å². The summed E-state index contributed by atoms with van der Waals surface area (Å²) in [5, 5.41) is 0. The van der Waals surface area contributed by atoms with Crippen LogP contribution in [0.2, 0.25) is 0 Å². The van der Waals surface area contributed by atoms with Crippen LogP contribution in [0.1, 0.15) is 12.5 Å². The van der Waals surface area contributed by atoms with Crippen molar-refractivity contribution in [1.82, 2.24) is 9.97 Å².